The number of pyridine rings is 1. The molecule has 2 aromatic heterocycles. The van der Waals surface area contributed by atoms with Gasteiger partial charge in [-0.25, -0.2) is 4.98 Å². The van der Waals surface area contributed by atoms with Crippen LogP contribution >= 0.6 is 11.6 Å². The van der Waals surface area contributed by atoms with Gasteiger partial charge >= 0.3 is 0 Å². The third-order valence-corrected chi connectivity index (χ3v) is 2.34. The number of carbonyl (C=O) groups excluding carboxylic acids is 1. The van der Waals surface area contributed by atoms with Crippen molar-refractivity contribution in [2.24, 2.45) is 7.05 Å². The van der Waals surface area contributed by atoms with E-state index in [0.29, 0.717) is 16.4 Å². The maximum absolute atomic E-state index is 12.0. The molecule has 0 bridgehead atoms. The van der Waals surface area contributed by atoms with E-state index in [1.54, 1.807) is 30.1 Å². The molecule has 0 radical (unpaired) electrons. The van der Waals surface area contributed by atoms with E-state index in [4.69, 9.17) is 11.6 Å². The predicted molar refractivity (Wildman–Crippen MR) is 55.9 cm³/mol. The van der Waals surface area contributed by atoms with Gasteiger partial charge in [-0.05, 0) is 6.07 Å². The first kappa shape index (κ1) is 9.86. The van der Waals surface area contributed by atoms with E-state index < -0.39 is 0 Å². The summed E-state index contributed by atoms with van der Waals surface area (Å²) in [6, 6.07) is 1.58. The highest BCUT2D eigenvalue weighted by molar-refractivity contribution is 6.34. The van der Waals surface area contributed by atoms with Gasteiger partial charge in [0, 0.05) is 37.4 Å². The van der Waals surface area contributed by atoms with Crippen LogP contribution in [0, 0.1) is 0 Å². The van der Waals surface area contributed by atoms with Crippen molar-refractivity contribution in [3.8, 4) is 0 Å². The van der Waals surface area contributed by atoms with Gasteiger partial charge in [0.15, 0.2) is 5.82 Å². The van der Waals surface area contributed by atoms with Gasteiger partial charge in [-0.2, -0.15) is 0 Å². The van der Waals surface area contributed by atoms with Crippen LogP contribution in [0.5, 0.6) is 0 Å². The lowest BCUT2D eigenvalue weighted by Gasteiger charge is -2.02. The van der Waals surface area contributed by atoms with Crippen LogP contribution in [0.2, 0.25) is 5.02 Å². The summed E-state index contributed by atoms with van der Waals surface area (Å²) in [6.07, 6.45) is 6.25. The summed E-state index contributed by atoms with van der Waals surface area (Å²) in [4.78, 5) is 19.7. The zero-order valence-electron chi connectivity index (χ0n) is 8.01. The van der Waals surface area contributed by atoms with Crippen molar-refractivity contribution in [3.05, 3.63) is 47.3 Å². The molecule has 0 aromatic carbocycles. The number of aromatic nitrogens is 3. The van der Waals surface area contributed by atoms with E-state index in [1.165, 1.54) is 12.4 Å². The first-order valence-corrected chi connectivity index (χ1v) is 4.69. The van der Waals surface area contributed by atoms with Crippen molar-refractivity contribution >= 4 is 17.4 Å². The van der Waals surface area contributed by atoms with Crippen molar-refractivity contribution < 1.29 is 4.79 Å². The number of halogens is 1. The second kappa shape index (κ2) is 3.82. The topological polar surface area (TPSA) is 47.8 Å². The Hall–Kier alpha value is -1.68. The molecule has 0 aliphatic heterocycles. The first-order valence-electron chi connectivity index (χ1n) is 4.31. The molecule has 0 fully saturated rings. The molecule has 2 heterocycles. The van der Waals surface area contributed by atoms with Crippen LogP contribution in [-0.2, 0) is 7.05 Å². The highest BCUT2D eigenvalue weighted by atomic mass is 35.5. The van der Waals surface area contributed by atoms with E-state index in [-0.39, 0.29) is 5.78 Å². The SMILES string of the molecule is Cn1ccnc1C(=O)c1ccncc1Cl. The fourth-order valence-corrected chi connectivity index (χ4v) is 1.47. The number of hydrogen-bond donors (Lipinski definition) is 0. The highest BCUT2D eigenvalue weighted by Crippen LogP contribution is 2.16. The Morgan fingerprint density at radius 3 is 2.87 bits per heavy atom. The molecular weight excluding hydrogens is 214 g/mol. The maximum atomic E-state index is 12.0. The van der Waals surface area contributed by atoms with Gasteiger partial charge in [-0.15, -0.1) is 0 Å². The first-order chi connectivity index (χ1) is 7.20. The lowest BCUT2D eigenvalue weighted by molar-refractivity contribution is 0.102. The molecule has 0 N–H and O–H groups in total. The van der Waals surface area contributed by atoms with Crippen LogP contribution in [0.1, 0.15) is 16.2 Å². The van der Waals surface area contributed by atoms with E-state index in [9.17, 15) is 4.79 Å². The molecule has 0 spiro atoms. The number of aryl methyl sites for hydroxylation is 1. The second-order valence-corrected chi connectivity index (χ2v) is 3.45. The Balaban J connectivity index is 2.46. The number of ketones is 1. The predicted octanol–water partition coefficient (Wildman–Crippen LogP) is 1.70. The number of nitrogens with zero attached hydrogens (tertiary/aromatic N) is 3. The summed E-state index contributed by atoms with van der Waals surface area (Å²) in [7, 11) is 1.76. The summed E-state index contributed by atoms with van der Waals surface area (Å²) < 4.78 is 1.65. The van der Waals surface area contributed by atoms with Gasteiger partial charge < -0.3 is 4.57 Å². The lowest BCUT2D eigenvalue weighted by Crippen LogP contribution is -2.09. The highest BCUT2D eigenvalue weighted by Gasteiger charge is 2.16. The summed E-state index contributed by atoms with van der Waals surface area (Å²) in [5.74, 6) is 0.165. The van der Waals surface area contributed by atoms with Gasteiger partial charge in [0.2, 0.25) is 5.78 Å². The van der Waals surface area contributed by atoms with Crippen molar-refractivity contribution in [1.29, 1.82) is 0 Å². The Bertz CT molecular complexity index is 507. The zero-order valence-corrected chi connectivity index (χ0v) is 8.77. The monoisotopic (exact) mass is 221 g/mol. The Labute approximate surface area is 91.5 Å². The molecule has 0 saturated heterocycles. The molecule has 0 amide bonds. The minimum absolute atomic E-state index is 0.199. The smallest absolute Gasteiger partial charge is 0.230 e. The molecule has 76 valence electrons. The molecule has 0 saturated carbocycles. The summed E-state index contributed by atoms with van der Waals surface area (Å²) in [5.41, 5.74) is 0.418. The third-order valence-electron chi connectivity index (χ3n) is 2.04. The fraction of sp³-hybridized carbons (Fsp3) is 0.100. The molecular formula is C10H8ClN3O. The van der Waals surface area contributed by atoms with Gasteiger partial charge in [0.25, 0.3) is 0 Å². The molecule has 4 nitrogen and oxygen atoms in total. The van der Waals surface area contributed by atoms with E-state index in [1.807, 2.05) is 0 Å². The quantitative estimate of drug-likeness (QED) is 0.726. The Morgan fingerprint density at radius 1 is 1.47 bits per heavy atom. The van der Waals surface area contributed by atoms with E-state index in [0.717, 1.165) is 0 Å². The molecule has 0 aliphatic carbocycles. The third kappa shape index (κ3) is 1.76. The van der Waals surface area contributed by atoms with Gasteiger partial charge in [-0.1, -0.05) is 11.6 Å². The normalized spacial score (nSPS) is 10.3. The summed E-state index contributed by atoms with van der Waals surface area (Å²) in [5, 5.41) is 0.338. The van der Waals surface area contributed by atoms with Crippen LogP contribution in [0.25, 0.3) is 0 Å². The standard InChI is InChI=1S/C10H8ClN3O/c1-14-5-4-13-10(14)9(15)7-2-3-12-6-8(7)11/h2-6H,1H3. The number of imidazole rings is 1. The van der Waals surface area contributed by atoms with E-state index in [2.05, 4.69) is 9.97 Å². The average Bonchev–Trinajstić information content (AvgIpc) is 2.64. The molecule has 2 rings (SSSR count). The van der Waals surface area contributed by atoms with E-state index >= 15 is 0 Å². The maximum Gasteiger partial charge on any atom is 0.230 e. The van der Waals surface area contributed by atoms with Crippen molar-refractivity contribution in [2.45, 2.75) is 0 Å². The van der Waals surface area contributed by atoms with Crippen LogP contribution in [-0.4, -0.2) is 20.3 Å². The summed E-state index contributed by atoms with van der Waals surface area (Å²) in [6.45, 7) is 0. The molecule has 0 atom stereocenters. The van der Waals surface area contributed by atoms with Crippen LogP contribution in [0.3, 0.4) is 0 Å². The van der Waals surface area contributed by atoms with Crippen LogP contribution in [0.15, 0.2) is 30.9 Å². The molecule has 0 unspecified atom stereocenters. The zero-order chi connectivity index (χ0) is 10.8. The Morgan fingerprint density at radius 2 is 2.27 bits per heavy atom. The largest absolute Gasteiger partial charge is 0.331 e. The van der Waals surface area contributed by atoms with Crippen LogP contribution in [0.4, 0.5) is 0 Å². The minimum Gasteiger partial charge on any atom is -0.331 e. The van der Waals surface area contributed by atoms with Gasteiger partial charge in [0.05, 0.1) is 5.02 Å². The van der Waals surface area contributed by atoms with Crippen LogP contribution < -0.4 is 0 Å². The Kier molecular flexibility index (Phi) is 2.51. The second-order valence-electron chi connectivity index (χ2n) is 3.05. The number of rotatable bonds is 2. The molecule has 15 heavy (non-hydrogen) atoms. The van der Waals surface area contributed by atoms with Crippen molar-refractivity contribution in [2.75, 3.05) is 0 Å². The number of hydrogen-bond acceptors (Lipinski definition) is 3. The van der Waals surface area contributed by atoms with Gasteiger partial charge in [-0.3, -0.25) is 9.78 Å². The minimum atomic E-state index is -0.199. The van der Waals surface area contributed by atoms with Crippen molar-refractivity contribution in [1.82, 2.24) is 14.5 Å². The number of carbonyl (C=O) groups is 1. The average molecular weight is 222 g/mol. The van der Waals surface area contributed by atoms with Gasteiger partial charge in [0.1, 0.15) is 0 Å². The summed E-state index contributed by atoms with van der Waals surface area (Å²) >= 11 is 5.87. The molecule has 5 heteroatoms. The van der Waals surface area contributed by atoms with Crippen molar-refractivity contribution in [3.63, 3.8) is 0 Å². The lowest BCUT2D eigenvalue weighted by atomic mass is 10.1. The fourth-order valence-electron chi connectivity index (χ4n) is 1.26. The molecule has 0 aliphatic rings. The molecule has 2 aromatic rings.